The maximum absolute atomic E-state index is 11.8. The number of carbonyl (C=O) groups excluding carboxylic acids is 1. The number of hydrogen-bond acceptors (Lipinski definition) is 6. The van der Waals surface area contributed by atoms with Crippen LogP contribution in [0.2, 0.25) is 0 Å². The van der Waals surface area contributed by atoms with E-state index in [1.165, 1.54) is 0 Å². The van der Waals surface area contributed by atoms with E-state index in [9.17, 15) is 10.1 Å². The Hall–Kier alpha value is -2.27. The lowest BCUT2D eigenvalue weighted by atomic mass is 10.1. The Morgan fingerprint density at radius 1 is 1.52 bits per heavy atom. The topological polar surface area (TPSA) is 91.4 Å². The SMILES string of the molecule is COc1ccc(N2CC[C@H](N[C@@H](Cc3cccs3)C(N)=O)C2)c(C#N)c1.Cl. The third-order valence-electron chi connectivity index (χ3n) is 4.62. The number of anilines is 1. The molecule has 0 unspecified atom stereocenters. The number of primary amides is 1. The number of nitrogens with one attached hydrogen (secondary N) is 1. The van der Waals surface area contributed by atoms with Crippen molar-refractivity contribution < 1.29 is 9.53 Å². The van der Waals surface area contributed by atoms with Gasteiger partial charge >= 0.3 is 0 Å². The van der Waals surface area contributed by atoms with Gasteiger partial charge in [-0.2, -0.15) is 5.26 Å². The molecule has 2 aromatic rings. The summed E-state index contributed by atoms with van der Waals surface area (Å²) >= 11 is 1.63. The molecule has 0 bridgehead atoms. The Labute approximate surface area is 169 Å². The average molecular weight is 407 g/mol. The highest BCUT2D eigenvalue weighted by Gasteiger charge is 2.28. The van der Waals surface area contributed by atoms with Gasteiger partial charge < -0.3 is 20.7 Å². The molecule has 1 aromatic heterocycles. The highest BCUT2D eigenvalue weighted by molar-refractivity contribution is 7.09. The van der Waals surface area contributed by atoms with Gasteiger partial charge in [0.25, 0.3) is 0 Å². The Kier molecular flexibility index (Phi) is 7.48. The molecule has 1 amide bonds. The van der Waals surface area contributed by atoms with Gasteiger partial charge in [0.05, 0.1) is 24.4 Å². The lowest BCUT2D eigenvalue weighted by Gasteiger charge is -2.23. The molecule has 0 spiro atoms. The smallest absolute Gasteiger partial charge is 0.234 e. The minimum atomic E-state index is -0.384. The summed E-state index contributed by atoms with van der Waals surface area (Å²) in [5.74, 6) is 0.336. The maximum Gasteiger partial charge on any atom is 0.234 e. The first-order valence-corrected chi connectivity index (χ1v) is 9.39. The Bertz CT molecular complexity index is 807. The van der Waals surface area contributed by atoms with E-state index in [0.717, 1.165) is 30.1 Å². The van der Waals surface area contributed by atoms with Crippen LogP contribution in [0.5, 0.6) is 5.75 Å². The third-order valence-corrected chi connectivity index (χ3v) is 5.52. The van der Waals surface area contributed by atoms with Crippen molar-refractivity contribution in [2.24, 2.45) is 5.73 Å². The fourth-order valence-electron chi connectivity index (χ4n) is 3.28. The van der Waals surface area contributed by atoms with Crippen LogP contribution < -0.4 is 20.7 Å². The largest absolute Gasteiger partial charge is 0.497 e. The first-order valence-electron chi connectivity index (χ1n) is 8.51. The molecule has 6 nitrogen and oxygen atoms in total. The van der Waals surface area contributed by atoms with Crippen molar-refractivity contribution >= 4 is 35.3 Å². The van der Waals surface area contributed by atoms with Crippen LogP contribution in [-0.4, -0.2) is 38.2 Å². The number of rotatable bonds is 7. The summed E-state index contributed by atoms with van der Waals surface area (Å²) in [5.41, 5.74) is 7.07. The molecule has 1 aliphatic rings. The Morgan fingerprint density at radius 3 is 2.96 bits per heavy atom. The monoisotopic (exact) mass is 406 g/mol. The minimum Gasteiger partial charge on any atom is -0.497 e. The van der Waals surface area contributed by atoms with Gasteiger partial charge in [-0.25, -0.2) is 0 Å². The zero-order valence-electron chi connectivity index (χ0n) is 15.1. The molecule has 1 fully saturated rings. The molecule has 2 atom stereocenters. The van der Waals surface area contributed by atoms with Crippen LogP contribution in [0.25, 0.3) is 0 Å². The molecule has 0 aliphatic carbocycles. The van der Waals surface area contributed by atoms with E-state index in [-0.39, 0.29) is 30.4 Å². The van der Waals surface area contributed by atoms with Crippen molar-refractivity contribution in [1.82, 2.24) is 5.32 Å². The van der Waals surface area contributed by atoms with E-state index >= 15 is 0 Å². The molecule has 1 saturated heterocycles. The predicted octanol–water partition coefficient (Wildman–Crippen LogP) is 2.32. The summed E-state index contributed by atoms with van der Waals surface area (Å²) < 4.78 is 5.19. The first-order chi connectivity index (χ1) is 12.6. The van der Waals surface area contributed by atoms with Crippen molar-refractivity contribution in [3.63, 3.8) is 0 Å². The second-order valence-electron chi connectivity index (χ2n) is 6.33. The zero-order chi connectivity index (χ0) is 18.5. The number of ether oxygens (including phenoxy) is 1. The summed E-state index contributed by atoms with van der Waals surface area (Å²) in [5, 5.41) is 14.8. The fraction of sp³-hybridized carbons (Fsp3) is 0.368. The van der Waals surface area contributed by atoms with Gasteiger partial charge in [-0.05, 0) is 36.1 Å². The molecule has 2 heterocycles. The van der Waals surface area contributed by atoms with Gasteiger partial charge in [0, 0.05) is 30.4 Å². The lowest BCUT2D eigenvalue weighted by Crippen LogP contribution is -2.48. The van der Waals surface area contributed by atoms with E-state index in [2.05, 4.69) is 16.3 Å². The maximum atomic E-state index is 11.8. The lowest BCUT2D eigenvalue weighted by molar-refractivity contribution is -0.120. The van der Waals surface area contributed by atoms with E-state index in [4.69, 9.17) is 10.5 Å². The summed E-state index contributed by atoms with van der Waals surface area (Å²) in [6.07, 6.45) is 1.50. The number of benzene rings is 1. The van der Waals surface area contributed by atoms with Crippen LogP contribution >= 0.6 is 23.7 Å². The predicted molar refractivity (Wildman–Crippen MR) is 110 cm³/mol. The van der Waals surface area contributed by atoms with Gasteiger partial charge in [-0.3, -0.25) is 4.79 Å². The summed E-state index contributed by atoms with van der Waals surface area (Å²) in [7, 11) is 1.59. The van der Waals surface area contributed by atoms with Crippen molar-refractivity contribution in [2.45, 2.75) is 24.9 Å². The number of hydrogen-bond donors (Lipinski definition) is 2. The number of halogens is 1. The number of methoxy groups -OCH3 is 1. The van der Waals surface area contributed by atoms with E-state index in [1.54, 1.807) is 24.5 Å². The van der Waals surface area contributed by atoms with Crippen LogP contribution in [0, 0.1) is 11.3 Å². The van der Waals surface area contributed by atoms with Gasteiger partial charge in [0.1, 0.15) is 11.8 Å². The molecule has 3 N–H and O–H groups in total. The Balaban J connectivity index is 0.00000261. The molecule has 0 radical (unpaired) electrons. The van der Waals surface area contributed by atoms with Gasteiger partial charge in [-0.15, -0.1) is 23.7 Å². The van der Waals surface area contributed by atoms with Gasteiger partial charge in [0.15, 0.2) is 0 Å². The number of amides is 1. The van der Waals surface area contributed by atoms with Crippen LogP contribution in [0.15, 0.2) is 35.7 Å². The number of nitrogens with zero attached hydrogens (tertiary/aromatic N) is 2. The molecule has 8 heteroatoms. The minimum absolute atomic E-state index is 0. The van der Waals surface area contributed by atoms with Crippen LogP contribution in [0.4, 0.5) is 5.69 Å². The van der Waals surface area contributed by atoms with Gasteiger partial charge in [0.2, 0.25) is 5.91 Å². The quantitative estimate of drug-likeness (QED) is 0.736. The van der Waals surface area contributed by atoms with Crippen molar-refractivity contribution in [2.75, 3.05) is 25.1 Å². The number of thiophene rings is 1. The normalized spacial score (nSPS) is 17.0. The standard InChI is InChI=1S/C19H22N4O2S.ClH/c1-25-15-4-5-18(13(9-15)11-20)23-7-6-14(12-23)22-17(19(21)24)10-16-3-2-8-26-16;/h2-5,8-9,14,17,22H,6-7,10,12H2,1H3,(H2,21,24);1H/t14-,17-;/m0./s1. The summed E-state index contributed by atoms with van der Waals surface area (Å²) in [6.45, 7) is 1.55. The van der Waals surface area contributed by atoms with E-state index < -0.39 is 0 Å². The second kappa shape index (κ2) is 9.60. The molecule has 3 rings (SSSR count). The third kappa shape index (κ3) is 5.13. The van der Waals surface area contributed by atoms with E-state index in [0.29, 0.717) is 17.7 Å². The van der Waals surface area contributed by atoms with Crippen LogP contribution in [-0.2, 0) is 11.2 Å². The van der Waals surface area contributed by atoms with Crippen LogP contribution in [0.1, 0.15) is 16.9 Å². The summed E-state index contributed by atoms with van der Waals surface area (Å²) in [6, 6.07) is 11.5. The highest BCUT2D eigenvalue weighted by Crippen LogP contribution is 2.28. The van der Waals surface area contributed by atoms with Crippen LogP contribution in [0.3, 0.4) is 0 Å². The Morgan fingerprint density at radius 2 is 2.33 bits per heavy atom. The molecular weight excluding hydrogens is 384 g/mol. The first kappa shape index (κ1) is 21.0. The molecular formula is C19H23ClN4O2S. The van der Waals surface area contributed by atoms with Crippen molar-refractivity contribution in [3.8, 4) is 11.8 Å². The average Bonchev–Trinajstić information content (AvgIpc) is 3.32. The second-order valence-corrected chi connectivity index (χ2v) is 7.36. The fourth-order valence-corrected chi connectivity index (χ4v) is 4.03. The number of nitrogens with two attached hydrogens (primary N) is 1. The molecule has 1 aromatic carbocycles. The van der Waals surface area contributed by atoms with Gasteiger partial charge in [-0.1, -0.05) is 6.07 Å². The molecule has 1 aliphatic heterocycles. The van der Waals surface area contributed by atoms with Crippen molar-refractivity contribution in [3.05, 3.63) is 46.2 Å². The van der Waals surface area contributed by atoms with Crippen molar-refractivity contribution in [1.29, 1.82) is 5.26 Å². The molecule has 27 heavy (non-hydrogen) atoms. The zero-order valence-corrected chi connectivity index (χ0v) is 16.7. The number of nitriles is 1. The number of carbonyl (C=O) groups is 1. The summed E-state index contributed by atoms with van der Waals surface area (Å²) in [4.78, 5) is 15.1. The molecule has 0 saturated carbocycles. The van der Waals surface area contributed by atoms with E-state index in [1.807, 2.05) is 29.6 Å². The highest BCUT2D eigenvalue weighted by atomic mass is 35.5. The molecule has 144 valence electrons.